The number of hydrogen-bond acceptors (Lipinski definition) is 7. The van der Waals surface area contributed by atoms with E-state index in [0.717, 1.165) is 39.0 Å². The molecule has 0 unspecified atom stereocenters. The lowest BCUT2D eigenvalue weighted by molar-refractivity contribution is -0.141. The number of ether oxygens (including phenoxy) is 1. The van der Waals surface area contributed by atoms with Crippen molar-refractivity contribution in [3.63, 3.8) is 0 Å². The Morgan fingerprint density at radius 3 is 2.51 bits per heavy atom. The van der Waals surface area contributed by atoms with Crippen LogP contribution in [0.2, 0.25) is 0 Å². The Bertz CT molecular complexity index is 1450. The third kappa shape index (κ3) is 4.14. The van der Waals surface area contributed by atoms with Crippen LogP contribution < -0.4 is 5.32 Å². The number of fused-ring (bicyclic) bond motifs is 3. The number of rotatable bonds is 5. The first-order valence-corrected chi connectivity index (χ1v) is 12.3. The average molecular weight is 486 g/mol. The number of benzene rings is 2. The molecule has 0 saturated heterocycles. The number of aliphatic imine (C=N–C) groups is 1. The number of carbonyl (C=O) groups is 1. The van der Waals surface area contributed by atoms with Gasteiger partial charge < -0.3 is 10.1 Å². The van der Waals surface area contributed by atoms with Crippen molar-refractivity contribution in [2.45, 2.75) is 40.2 Å². The van der Waals surface area contributed by atoms with E-state index in [9.17, 15) is 4.79 Å². The second-order valence-electron chi connectivity index (χ2n) is 8.70. The molecule has 0 aliphatic carbocycles. The largest absolute Gasteiger partial charge is 0.469 e. The number of nitrogens with one attached hydrogen (secondary N) is 1. The molecule has 1 aliphatic rings. The highest BCUT2D eigenvalue weighted by atomic mass is 32.1. The van der Waals surface area contributed by atoms with Gasteiger partial charge in [0.2, 0.25) is 0 Å². The quantitative estimate of drug-likeness (QED) is 0.364. The van der Waals surface area contributed by atoms with Crippen molar-refractivity contribution in [1.29, 1.82) is 0 Å². The molecule has 4 aromatic rings. The molecule has 0 saturated carbocycles. The van der Waals surface area contributed by atoms with Crippen molar-refractivity contribution < 1.29 is 9.53 Å². The summed E-state index contributed by atoms with van der Waals surface area (Å²) < 4.78 is 7.01. The number of aromatic nitrogens is 3. The normalized spacial score (nSPS) is 14.5. The van der Waals surface area contributed by atoms with Gasteiger partial charge in [0.25, 0.3) is 0 Å². The lowest BCUT2D eigenvalue weighted by Gasteiger charge is -2.13. The molecule has 178 valence electrons. The van der Waals surface area contributed by atoms with Crippen LogP contribution in [0.3, 0.4) is 0 Å². The van der Waals surface area contributed by atoms with Gasteiger partial charge in [-0.2, -0.15) is 0 Å². The lowest BCUT2D eigenvalue weighted by atomic mass is 9.99. The van der Waals surface area contributed by atoms with Crippen LogP contribution in [0.15, 0.2) is 53.5 Å². The Kier molecular flexibility index (Phi) is 5.98. The van der Waals surface area contributed by atoms with Gasteiger partial charge in [0.15, 0.2) is 5.82 Å². The molecular weight excluding hydrogens is 458 g/mol. The predicted octanol–water partition coefficient (Wildman–Crippen LogP) is 5.76. The van der Waals surface area contributed by atoms with Crippen molar-refractivity contribution in [2.24, 2.45) is 4.99 Å². The van der Waals surface area contributed by atoms with Crippen LogP contribution in [0.25, 0.3) is 5.00 Å². The minimum atomic E-state index is -0.497. The minimum absolute atomic E-state index is 0.0953. The summed E-state index contributed by atoms with van der Waals surface area (Å²) in [6.07, 6.45) is 0.0953. The SMILES string of the molecule is COC(=O)C[C@@H]1N=C(c2ccc(Nc3ccccc3C)cc2)c2c(sc(C)c2C)-n2c(C)nnc21. The summed E-state index contributed by atoms with van der Waals surface area (Å²) in [4.78, 5) is 18.6. The zero-order valence-corrected chi connectivity index (χ0v) is 21.2. The maximum absolute atomic E-state index is 12.3. The molecule has 8 heteroatoms. The molecular formula is C27H27N5O2S. The number of carbonyl (C=O) groups excluding carboxylic acids is 1. The number of esters is 1. The average Bonchev–Trinajstić information content (AvgIpc) is 3.33. The third-order valence-corrected chi connectivity index (χ3v) is 7.60. The van der Waals surface area contributed by atoms with E-state index in [1.165, 1.54) is 23.1 Å². The molecule has 1 atom stereocenters. The fraction of sp³-hybridized carbons (Fsp3) is 0.259. The van der Waals surface area contributed by atoms with Gasteiger partial charge in [-0.25, -0.2) is 0 Å². The maximum Gasteiger partial charge on any atom is 0.308 e. The van der Waals surface area contributed by atoms with E-state index in [0.29, 0.717) is 5.82 Å². The van der Waals surface area contributed by atoms with Gasteiger partial charge in [0.1, 0.15) is 16.9 Å². The summed E-state index contributed by atoms with van der Waals surface area (Å²) >= 11 is 1.70. The van der Waals surface area contributed by atoms with Gasteiger partial charge in [-0.15, -0.1) is 21.5 Å². The van der Waals surface area contributed by atoms with Crippen LogP contribution in [0.1, 0.15) is 51.2 Å². The number of thiophene rings is 1. The van der Waals surface area contributed by atoms with Crippen LogP contribution in [-0.4, -0.2) is 33.6 Å². The molecule has 35 heavy (non-hydrogen) atoms. The minimum Gasteiger partial charge on any atom is -0.469 e. The Labute approximate surface area is 208 Å². The van der Waals surface area contributed by atoms with E-state index in [1.807, 2.05) is 23.6 Å². The molecule has 0 fully saturated rings. The highest BCUT2D eigenvalue weighted by Crippen LogP contribution is 2.39. The Hall–Kier alpha value is -3.78. The number of anilines is 2. The molecule has 0 bridgehead atoms. The van der Waals surface area contributed by atoms with Crippen LogP contribution in [0, 0.1) is 27.7 Å². The zero-order chi connectivity index (χ0) is 24.7. The Balaban J connectivity index is 1.61. The van der Waals surface area contributed by atoms with E-state index in [2.05, 4.69) is 72.7 Å². The van der Waals surface area contributed by atoms with Gasteiger partial charge in [-0.3, -0.25) is 14.4 Å². The van der Waals surface area contributed by atoms with E-state index >= 15 is 0 Å². The molecule has 0 spiro atoms. The number of nitrogens with zero attached hydrogens (tertiary/aromatic N) is 4. The Morgan fingerprint density at radius 1 is 1.06 bits per heavy atom. The number of aryl methyl sites for hydroxylation is 3. The first-order valence-electron chi connectivity index (χ1n) is 11.5. The molecule has 1 N–H and O–H groups in total. The zero-order valence-electron chi connectivity index (χ0n) is 20.4. The van der Waals surface area contributed by atoms with Crippen molar-refractivity contribution in [3.05, 3.63) is 87.3 Å². The van der Waals surface area contributed by atoms with Gasteiger partial charge in [-0.05, 0) is 57.0 Å². The fourth-order valence-corrected chi connectivity index (χ4v) is 5.56. The summed E-state index contributed by atoms with van der Waals surface area (Å²) in [5.74, 6) is 1.09. The molecule has 0 radical (unpaired) electrons. The standard InChI is InChI=1S/C27H27N5O2S/c1-15-8-6-7-9-21(15)28-20-12-10-19(11-13-20)25-24-16(2)17(3)35-27(24)32-18(4)30-31-26(32)22(29-25)14-23(33)34-5/h6-13,22,28H,14H2,1-5H3/t22-/m0/s1. The van der Waals surface area contributed by atoms with Crippen molar-refractivity contribution in [2.75, 3.05) is 12.4 Å². The molecule has 2 aromatic heterocycles. The third-order valence-electron chi connectivity index (χ3n) is 6.41. The topological polar surface area (TPSA) is 81.4 Å². The van der Waals surface area contributed by atoms with Crippen molar-refractivity contribution in [3.8, 4) is 5.00 Å². The molecule has 3 heterocycles. The van der Waals surface area contributed by atoms with Crippen LogP contribution in [-0.2, 0) is 9.53 Å². The fourth-order valence-electron chi connectivity index (χ4n) is 4.35. The highest BCUT2D eigenvalue weighted by molar-refractivity contribution is 7.15. The molecule has 7 nitrogen and oxygen atoms in total. The van der Waals surface area contributed by atoms with Gasteiger partial charge in [-0.1, -0.05) is 30.3 Å². The molecule has 2 aromatic carbocycles. The highest BCUT2D eigenvalue weighted by Gasteiger charge is 2.32. The first-order chi connectivity index (χ1) is 16.9. The summed E-state index contributed by atoms with van der Waals surface area (Å²) in [7, 11) is 1.39. The second-order valence-corrected chi connectivity index (χ2v) is 9.90. The smallest absolute Gasteiger partial charge is 0.308 e. The number of methoxy groups -OCH3 is 1. The molecule has 0 amide bonds. The van der Waals surface area contributed by atoms with Crippen LogP contribution in [0.5, 0.6) is 0 Å². The lowest BCUT2D eigenvalue weighted by Crippen LogP contribution is -2.12. The maximum atomic E-state index is 12.3. The first kappa shape index (κ1) is 23.0. The molecule has 5 rings (SSSR count). The monoisotopic (exact) mass is 485 g/mol. The van der Waals surface area contributed by atoms with E-state index < -0.39 is 6.04 Å². The Morgan fingerprint density at radius 2 is 1.80 bits per heavy atom. The summed E-state index contributed by atoms with van der Waals surface area (Å²) in [6.45, 7) is 8.25. The van der Waals surface area contributed by atoms with Crippen molar-refractivity contribution >= 4 is 34.4 Å². The van der Waals surface area contributed by atoms with Gasteiger partial charge in [0.05, 0.1) is 19.2 Å². The van der Waals surface area contributed by atoms with Crippen LogP contribution in [0.4, 0.5) is 11.4 Å². The van der Waals surface area contributed by atoms with Gasteiger partial charge in [0, 0.05) is 27.4 Å². The summed E-state index contributed by atoms with van der Waals surface area (Å²) in [6, 6.07) is 16.0. The van der Waals surface area contributed by atoms with Gasteiger partial charge >= 0.3 is 5.97 Å². The summed E-state index contributed by atoms with van der Waals surface area (Å²) in [5, 5.41) is 13.2. The number of hydrogen-bond donors (Lipinski definition) is 1. The van der Waals surface area contributed by atoms with E-state index in [1.54, 1.807) is 11.3 Å². The number of para-hydroxylation sites is 1. The van der Waals surface area contributed by atoms with Crippen molar-refractivity contribution in [1.82, 2.24) is 14.8 Å². The summed E-state index contributed by atoms with van der Waals surface area (Å²) in [5.41, 5.74) is 7.31. The second kappa shape index (κ2) is 9.11. The van der Waals surface area contributed by atoms with E-state index in [4.69, 9.17) is 9.73 Å². The van der Waals surface area contributed by atoms with Crippen LogP contribution >= 0.6 is 11.3 Å². The predicted molar refractivity (Wildman–Crippen MR) is 139 cm³/mol. The molecule has 1 aliphatic heterocycles. The van der Waals surface area contributed by atoms with E-state index in [-0.39, 0.29) is 12.4 Å².